The van der Waals surface area contributed by atoms with Gasteiger partial charge in [0.2, 0.25) is 0 Å². The van der Waals surface area contributed by atoms with E-state index in [1.807, 2.05) is 67.4 Å². The first kappa shape index (κ1) is 70.1. The molecular formula is C55H77B2Br2CoLi2N9O6. The van der Waals surface area contributed by atoms with E-state index in [2.05, 4.69) is 80.6 Å². The van der Waals surface area contributed by atoms with Gasteiger partial charge in [-0.1, -0.05) is 89.0 Å². The van der Waals surface area contributed by atoms with Gasteiger partial charge in [-0.3, -0.25) is 0 Å². The van der Waals surface area contributed by atoms with Crippen molar-refractivity contribution >= 4 is 34.9 Å². The number of hydrogen-bond donors (Lipinski definition) is 0. The summed E-state index contributed by atoms with van der Waals surface area (Å²) in [4.78, 5) is 5.55. The van der Waals surface area contributed by atoms with Crippen LogP contribution in [0.15, 0.2) is 141 Å². The summed E-state index contributed by atoms with van der Waals surface area (Å²) in [7, 11) is 0. The molecule has 409 valence electrons. The van der Waals surface area contributed by atoms with Gasteiger partial charge < -0.3 is 85.7 Å². The Morgan fingerprint density at radius 3 is 0.727 bits per heavy atom. The molecule has 13 rings (SSSR count). The fourth-order valence-corrected chi connectivity index (χ4v) is 9.39. The Hall–Kier alpha value is -3.02. The molecule has 22 heteroatoms. The van der Waals surface area contributed by atoms with Gasteiger partial charge in [0.15, 0.2) is 0 Å². The van der Waals surface area contributed by atoms with Crippen LogP contribution in [0.5, 0.6) is 0 Å². The van der Waals surface area contributed by atoms with Crippen molar-refractivity contribution in [1.82, 2.24) is 43.7 Å². The summed E-state index contributed by atoms with van der Waals surface area (Å²) in [5, 5.41) is 19.2. The summed E-state index contributed by atoms with van der Waals surface area (Å²) < 4.78 is 37.6. The number of pyridine rings is 1. The molecule has 6 saturated heterocycles. The minimum Gasteiger partial charge on any atom is -1.00 e. The smallest absolute Gasteiger partial charge is 1.00 e. The van der Waals surface area contributed by atoms with Gasteiger partial charge in [0.05, 0.1) is 0 Å². The first-order valence-corrected chi connectivity index (χ1v) is 26.5. The molecule has 0 amide bonds. The van der Waals surface area contributed by atoms with Crippen molar-refractivity contribution in [2.75, 3.05) is 79.3 Å². The van der Waals surface area contributed by atoms with E-state index in [0.29, 0.717) is 0 Å². The summed E-state index contributed by atoms with van der Waals surface area (Å²) in [6, 6.07) is 31.0. The third kappa shape index (κ3) is 20.8. The zero-order valence-electron chi connectivity index (χ0n) is 46.0. The van der Waals surface area contributed by atoms with E-state index in [1.54, 1.807) is 24.8 Å². The van der Waals surface area contributed by atoms with Gasteiger partial charge in [0.1, 0.15) is 0 Å². The molecule has 6 aliphatic heterocycles. The zero-order valence-corrected chi connectivity index (χ0v) is 50.2. The second kappa shape index (κ2) is 40.2. The third-order valence-corrected chi connectivity index (χ3v) is 13.3. The number of hydrogen-bond acceptors (Lipinski definition) is 11. The minimum atomic E-state index is -1.98. The first-order chi connectivity index (χ1) is 35.6. The summed E-state index contributed by atoms with van der Waals surface area (Å²) in [5.74, 6) is 0. The molecule has 11 heterocycles. The van der Waals surface area contributed by atoms with Crippen molar-refractivity contribution in [3.63, 3.8) is 0 Å². The van der Waals surface area contributed by atoms with Crippen molar-refractivity contribution in [1.29, 1.82) is 0 Å². The number of aryl methyl sites for hydroxylation is 2. The summed E-state index contributed by atoms with van der Waals surface area (Å²) in [5.41, 5.74) is 6.02. The largest absolute Gasteiger partial charge is 2.00 e. The standard InChI is InChI=1S/C31H29B2N9.6C4H8O.2BrH.Co.2Li/c1-26-10-14-28(15-11-26)32(39-22-4-18-34-39,40-23-5-19-35-40)30-8-3-9-31(38-30)33(41-24-6-20-36-41,42-25-7-21-37-42)29-16-12-27(2)13-17-29;6*1-2-4-5-3-1;;;;;/h3-25H,1-2H3;6*1-4H2;2*1H;;;/q-2;;;;;;;;;+2;2*+1/p-2. The predicted octanol–water partition coefficient (Wildman–Crippen LogP) is -5.42. The van der Waals surface area contributed by atoms with Gasteiger partial charge in [-0.15, -0.1) is 0 Å². The molecule has 6 aliphatic rings. The average Bonchev–Trinajstić information content (AvgIpc) is 4.29. The van der Waals surface area contributed by atoms with Gasteiger partial charge in [-0.25, -0.2) is 20.4 Å². The number of rotatable bonds is 8. The van der Waals surface area contributed by atoms with Crippen LogP contribution in [0, 0.1) is 13.8 Å². The minimum absolute atomic E-state index is 0. The van der Waals surface area contributed by atoms with E-state index in [0.717, 1.165) is 101 Å². The molecule has 0 unspecified atom stereocenters. The number of nitrogens with zero attached hydrogens (tertiary/aromatic N) is 9. The van der Waals surface area contributed by atoms with Gasteiger partial charge in [0, 0.05) is 104 Å². The van der Waals surface area contributed by atoms with Crippen molar-refractivity contribution in [3.8, 4) is 0 Å². The Morgan fingerprint density at radius 1 is 0.338 bits per heavy atom. The SMILES string of the molecule is C1CCOC1.C1CCOC1.C1CCOC1.C1CCOC1.C1CCOC1.C1CCOC1.Cc1ccc([B-](c2cccc([B-](c3ccc(C)cc3)(n3cccn3)n3cccn3)n2)(n2cccn2)n2cccn2)cc1.[Br-].[Br-].[Co+2].[Li+].[Li+]. The maximum atomic E-state index is 5.55. The molecule has 1 radical (unpaired) electrons. The number of benzene rings is 2. The molecule has 0 N–H and O–H groups in total. The van der Waals surface area contributed by atoms with Gasteiger partial charge in [0.25, 0.3) is 12.8 Å². The topological polar surface area (TPSA) is 140 Å². The van der Waals surface area contributed by atoms with E-state index in [4.69, 9.17) is 53.8 Å². The van der Waals surface area contributed by atoms with E-state index in [-0.39, 0.29) is 88.5 Å². The Labute approximate surface area is 513 Å². The van der Waals surface area contributed by atoms with Crippen molar-refractivity contribution in [2.24, 2.45) is 0 Å². The number of halogens is 2. The average molecular weight is 1210 g/mol. The third-order valence-electron chi connectivity index (χ3n) is 13.3. The van der Waals surface area contributed by atoms with Crippen LogP contribution in [0.3, 0.4) is 0 Å². The van der Waals surface area contributed by atoms with Crippen LogP contribution in [0.4, 0.5) is 0 Å². The van der Waals surface area contributed by atoms with E-state index in [1.165, 1.54) is 88.2 Å². The Bertz CT molecular complexity index is 2120. The Balaban J connectivity index is 0.000000465. The van der Waals surface area contributed by atoms with Crippen LogP contribution < -0.4 is 93.8 Å². The summed E-state index contributed by atoms with van der Waals surface area (Å²) in [6.07, 6.45) is 26.5. The molecule has 5 aromatic heterocycles. The van der Waals surface area contributed by atoms with E-state index in [9.17, 15) is 0 Å². The summed E-state index contributed by atoms with van der Waals surface area (Å²) in [6.45, 7) is 16.2. The fraction of sp³-hybridized carbons (Fsp3) is 0.473. The predicted molar refractivity (Wildman–Crippen MR) is 287 cm³/mol. The molecule has 77 heavy (non-hydrogen) atoms. The molecule has 7 aromatic rings. The molecule has 0 aliphatic carbocycles. The molecule has 0 atom stereocenters. The Morgan fingerprint density at radius 2 is 0.558 bits per heavy atom. The van der Waals surface area contributed by atoms with Crippen LogP contribution in [0.1, 0.15) is 88.2 Å². The molecule has 15 nitrogen and oxygen atoms in total. The molecule has 0 bridgehead atoms. The zero-order chi connectivity index (χ0) is 49.8. The fourth-order valence-electron chi connectivity index (χ4n) is 9.39. The second-order valence-corrected chi connectivity index (χ2v) is 18.7. The molecule has 0 spiro atoms. The number of aromatic nitrogens is 9. The van der Waals surface area contributed by atoms with Gasteiger partial charge >= 0.3 is 54.5 Å². The van der Waals surface area contributed by atoms with E-state index >= 15 is 0 Å². The van der Waals surface area contributed by atoms with Crippen LogP contribution in [0.25, 0.3) is 0 Å². The molecule has 6 fully saturated rings. The Kier molecular flexibility index (Phi) is 36.6. The van der Waals surface area contributed by atoms with Crippen LogP contribution in [-0.2, 0) is 45.2 Å². The molecular weight excluding hydrogens is 1140 g/mol. The summed E-state index contributed by atoms with van der Waals surface area (Å²) >= 11 is 0. The van der Waals surface area contributed by atoms with Crippen molar-refractivity contribution in [2.45, 2.75) is 90.9 Å². The quantitative estimate of drug-likeness (QED) is 0.135. The van der Waals surface area contributed by atoms with Crippen LogP contribution in [-0.4, -0.2) is 136 Å². The monoisotopic (exact) mass is 1210 g/mol. The maximum absolute atomic E-state index is 5.55. The van der Waals surface area contributed by atoms with Crippen LogP contribution in [0.2, 0.25) is 0 Å². The van der Waals surface area contributed by atoms with Gasteiger partial charge in [-0.2, -0.15) is 10.9 Å². The maximum Gasteiger partial charge on any atom is 2.00 e. The van der Waals surface area contributed by atoms with Crippen molar-refractivity contribution in [3.05, 3.63) is 152 Å². The first-order valence-electron chi connectivity index (χ1n) is 26.5. The van der Waals surface area contributed by atoms with Crippen molar-refractivity contribution < 1.29 is 117 Å². The molecule has 2 aromatic carbocycles. The number of ether oxygens (including phenoxy) is 6. The second-order valence-electron chi connectivity index (χ2n) is 18.7. The van der Waals surface area contributed by atoms with Crippen LogP contribution >= 0.6 is 0 Å². The molecule has 0 saturated carbocycles. The van der Waals surface area contributed by atoms with E-state index < -0.39 is 12.8 Å². The normalized spacial score (nSPS) is 15.9. The van der Waals surface area contributed by atoms with Gasteiger partial charge in [-0.05, 0) is 140 Å².